The molecule has 5 heteroatoms. The van der Waals surface area contributed by atoms with Crippen LogP contribution in [0.2, 0.25) is 0 Å². The average molecular weight is 354 g/mol. The predicted octanol–water partition coefficient (Wildman–Crippen LogP) is 3.80. The zero-order valence-corrected chi connectivity index (χ0v) is 15.2. The summed E-state index contributed by atoms with van der Waals surface area (Å²) >= 11 is 0. The first-order chi connectivity index (χ1) is 12.7. The highest BCUT2D eigenvalue weighted by Crippen LogP contribution is 2.21. The maximum atomic E-state index is 12.2. The predicted molar refractivity (Wildman–Crippen MR) is 99.8 cm³/mol. The first kappa shape index (κ1) is 18.4. The number of benzene rings is 1. The van der Waals surface area contributed by atoms with Gasteiger partial charge < -0.3 is 14.8 Å². The standard InChI is InChI=1S/C21H26N2O3/c1-16(23-21(24)11-10-19-9-5-13-25-19)17-6-4-8-20(14-17)26-15-18-7-2-3-12-22-18/h2-4,6-8,12,14,16,19H,5,9-11,13,15H2,1H3,(H,23,24)/t16-,19-/m0/s1. The van der Waals surface area contributed by atoms with Crippen molar-refractivity contribution in [1.29, 1.82) is 0 Å². The van der Waals surface area contributed by atoms with Gasteiger partial charge in [-0.2, -0.15) is 0 Å². The van der Waals surface area contributed by atoms with Crippen molar-refractivity contribution in [1.82, 2.24) is 10.3 Å². The van der Waals surface area contributed by atoms with Crippen molar-refractivity contribution < 1.29 is 14.3 Å². The number of carbonyl (C=O) groups is 1. The number of ether oxygens (including phenoxy) is 2. The Bertz CT molecular complexity index is 699. The van der Waals surface area contributed by atoms with Gasteiger partial charge in [-0.3, -0.25) is 9.78 Å². The van der Waals surface area contributed by atoms with Crippen molar-refractivity contribution in [3.8, 4) is 5.75 Å². The topological polar surface area (TPSA) is 60.5 Å². The van der Waals surface area contributed by atoms with Crippen molar-refractivity contribution in [2.24, 2.45) is 0 Å². The fraction of sp³-hybridized carbons (Fsp3) is 0.429. The van der Waals surface area contributed by atoms with Gasteiger partial charge in [-0.05, 0) is 56.0 Å². The summed E-state index contributed by atoms with van der Waals surface area (Å²) in [6.45, 7) is 3.24. The van der Waals surface area contributed by atoms with E-state index in [0.29, 0.717) is 13.0 Å². The molecule has 2 atom stereocenters. The molecule has 5 nitrogen and oxygen atoms in total. The van der Waals surface area contributed by atoms with Crippen molar-refractivity contribution in [2.45, 2.75) is 51.4 Å². The number of hydrogen-bond donors (Lipinski definition) is 1. The van der Waals surface area contributed by atoms with Gasteiger partial charge in [0.2, 0.25) is 5.91 Å². The Balaban J connectivity index is 1.48. The third-order valence-electron chi connectivity index (χ3n) is 4.57. The van der Waals surface area contributed by atoms with Crippen LogP contribution < -0.4 is 10.1 Å². The third-order valence-corrected chi connectivity index (χ3v) is 4.57. The fourth-order valence-electron chi connectivity index (χ4n) is 3.08. The van der Waals surface area contributed by atoms with E-state index < -0.39 is 0 Å². The SMILES string of the molecule is C[C@H](NC(=O)CC[C@@H]1CCCO1)c1cccc(OCc2ccccn2)c1. The molecular weight excluding hydrogens is 328 g/mol. The van der Waals surface area contributed by atoms with Crippen molar-refractivity contribution in [2.75, 3.05) is 6.61 Å². The monoisotopic (exact) mass is 354 g/mol. The number of nitrogens with zero attached hydrogens (tertiary/aromatic N) is 1. The second kappa shape index (κ2) is 9.34. The van der Waals surface area contributed by atoms with Crippen LogP contribution in [-0.2, 0) is 16.1 Å². The summed E-state index contributed by atoms with van der Waals surface area (Å²) in [5.74, 6) is 0.835. The van der Waals surface area contributed by atoms with E-state index in [9.17, 15) is 4.79 Å². The molecule has 1 aromatic carbocycles. The molecule has 138 valence electrons. The molecule has 3 rings (SSSR count). The molecule has 0 spiro atoms. The van der Waals surface area contributed by atoms with Crippen LogP contribution in [0.1, 0.15) is 49.9 Å². The third kappa shape index (κ3) is 5.56. The lowest BCUT2D eigenvalue weighted by Crippen LogP contribution is -2.27. The quantitative estimate of drug-likeness (QED) is 0.783. The number of aromatic nitrogens is 1. The molecule has 2 aromatic rings. The largest absolute Gasteiger partial charge is 0.487 e. The molecule has 1 aliphatic rings. The van der Waals surface area contributed by atoms with E-state index >= 15 is 0 Å². The molecule has 1 saturated heterocycles. The van der Waals surface area contributed by atoms with Crippen LogP contribution in [0.5, 0.6) is 5.75 Å². The normalized spacial score (nSPS) is 17.7. The Kier molecular flexibility index (Phi) is 6.61. The zero-order valence-electron chi connectivity index (χ0n) is 15.2. The molecule has 0 saturated carbocycles. The van der Waals surface area contributed by atoms with Gasteiger partial charge in [0.05, 0.1) is 17.8 Å². The van der Waals surface area contributed by atoms with Gasteiger partial charge in [0.1, 0.15) is 12.4 Å². The molecule has 2 heterocycles. The van der Waals surface area contributed by atoms with Gasteiger partial charge in [0, 0.05) is 19.2 Å². The molecule has 1 amide bonds. The molecule has 0 unspecified atom stereocenters. The lowest BCUT2D eigenvalue weighted by molar-refractivity contribution is -0.122. The van der Waals surface area contributed by atoms with Crippen molar-refractivity contribution >= 4 is 5.91 Å². The molecule has 0 radical (unpaired) electrons. The average Bonchev–Trinajstić information content (AvgIpc) is 3.19. The second-order valence-corrected chi connectivity index (χ2v) is 6.65. The van der Waals surface area contributed by atoms with E-state index in [1.807, 2.05) is 49.4 Å². The van der Waals surface area contributed by atoms with E-state index in [0.717, 1.165) is 42.9 Å². The van der Waals surface area contributed by atoms with Gasteiger partial charge in [-0.1, -0.05) is 18.2 Å². The summed E-state index contributed by atoms with van der Waals surface area (Å²) in [5, 5.41) is 3.06. The summed E-state index contributed by atoms with van der Waals surface area (Å²) in [4.78, 5) is 16.4. The van der Waals surface area contributed by atoms with Crippen LogP contribution in [0, 0.1) is 0 Å². The smallest absolute Gasteiger partial charge is 0.220 e. The number of pyridine rings is 1. The van der Waals surface area contributed by atoms with Gasteiger partial charge >= 0.3 is 0 Å². The zero-order chi connectivity index (χ0) is 18.2. The van der Waals surface area contributed by atoms with Gasteiger partial charge in [0.15, 0.2) is 0 Å². The molecular formula is C21H26N2O3. The van der Waals surface area contributed by atoms with Crippen LogP contribution in [0.15, 0.2) is 48.7 Å². The Hall–Kier alpha value is -2.40. The number of amides is 1. The molecule has 1 aliphatic heterocycles. The first-order valence-corrected chi connectivity index (χ1v) is 9.24. The lowest BCUT2D eigenvalue weighted by atomic mass is 10.1. The summed E-state index contributed by atoms with van der Waals surface area (Å²) in [6, 6.07) is 13.5. The number of nitrogens with one attached hydrogen (secondary N) is 1. The van der Waals surface area contributed by atoms with E-state index in [1.54, 1.807) is 6.20 Å². The van der Waals surface area contributed by atoms with E-state index in [-0.39, 0.29) is 18.1 Å². The van der Waals surface area contributed by atoms with Gasteiger partial charge in [-0.25, -0.2) is 0 Å². The van der Waals surface area contributed by atoms with Crippen molar-refractivity contribution in [3.63, 3.8) is 0 Å². The molecule has 1 aromatic heterocycles. The number of rotatable bonds is 8. The summed E-state index contributed by atoms with van der Waals surface area (Å²) in [6.07, 6.45) is 5.48. The van der Waals surface area contributed by atoms with E-state index in [1.165, 1.54) is 0 Å². The van der Waals surface area contributed by atoms with Crippen LogP contribution >= 0.6 is 0 Å². The first-order valence-electron chi connectivity index (χ1n) is 9.24. The highest BCUT2D eigenvalue weighted by molar-refractivity contribution is 5.76. The fourth-order valence-corrected chi connectivity index (χ4v) is 3.08. The van der Waals surface area contributed by atoms with Crippen LogP contribution in [0.3, 0.4) is 0 Å². The number of carbonyl (C=O) groups excluding carboxylic acids is 1. The molecule has 26 heavy (non-hydrogen) atoms. The highest BCUT2D eigenvalue weighted by atomic mass is 16.5. The Morgan fingerprint density at radius 3 is 3.04 bits per heavy atom. The number of hydrogen-bond acceptors (Lipinski definition) is 4. The summed E-state index contributed by atoms with van der Waals surface area (Å²) < 4.78 is 11.4. The molecule has 0 aliphatic carbocycles. The maximum absolute atomic E-state index is 12.2. The lowest BCUT2D eigenvalue weighted by Gasteiger charge is -2.16. The minimum atomic E-state index is -0.0644. The van der Waals surface area contributed by atoms with Crippen LogP contribution in [0.4, 0.5) is 0 Å². The summed E-state index contributed by atoms with van der Waals surface area (Å²) in [5.41, 5.74) is 1.90. The van der Waals surface area contributed by atoms with Crippen molar-refractivity contribution in [3.05, 3.63) is 59.9 Å². The highest BCUT2D eigenvalue weighted by Gasteiger charge is 2.17. The molecule has 1 fully saturated rings. The molecule has 0 bridgehead atoms. The van der Waals surface area contributed by atoms with Gasteiger partial charge in [-0.15, -0.1) is 0 Å². The second-order valence-electron chi connectivity index (χ2n) is 6.65. The van der Waals surface area contributed by atoms with Gasteiger partial charge in [0.25, 0.3) is 0 Å². The minimum Gasteiger partial charge on any atom is -0.487 e. The Labute approximate surface area is 154 Å². The minimum absolute atomic E-state index is 0.0628. The molecule has 1 N–H and O–H groups in total. The van der Waals surface area contributed by atoms with E-state index in [2.05, 4.69) is 10.3 Å². The summed E-state index contributed by atoms with van der Waals surface area (Å²) in [7, 11) is 0. The maximum Gasteiger partial charge on any atom is 0.220 e. The van der Waals surface area contributed by atoms with E-state index in [4.69, 9.17) is 9.47 Å². The van der Waals surface area contributed by atoms with Crippen LogP contribution in [-0.4, -0.2) is 23.6 Å². The Morgan fingerprint density at radius 2 is 2.27 bits per heavy atom. The Morgan fingerprint density at radius 1 is 1.35 bits per heavy atom. The van der Waals surface area contributed by atoms with Crippen LogP contribution in [0.25, 0.3) is 0 Å².